The molecule has 0 radical (unpaired) electrons. The van der Waals surface area contributed by atoms with E-state index < -0.39 is 0 Å². The summed E-state index contributed by atoms with van der Waals surface area (Å²) >= 11 is 0. The fourth-order valence-electron chi connectivity index (χ4n) is 4.83. The van der Waals surface area contributed by atoms with Crippen LogP contribution in [0.1, 0.15) is 182 Å². The highest BCUT2D eigenvalue weighted by molar-refractivity contribution is 4.67. The second-order valence-corrected chi connectivity index (χ2v) is 12.0. The van der Waals surface area contributed by atoms with Crippen molar-refractivity contribution in [1.29, 1.82) is 0 Å². The van der Waals surface area contributed by atoms with Gasteiger partial charge in [-0.1, -0.05) is 169 Å². The van der Waals surface area contributed by atoms with Crippen LogP contribution in [0.15, 0.2) is 0 Å². The van der Waals surface area contributed by atoms with Gasteiger partial charge in [0, 0.05) is 18.6 Å². The minimum Gasteiger partial charge on any atom is -0.381 e. The molecule has 0 aromatic heterocycles. The summed E-state index contributed by atoms with van der Waals surface area (Å²) in [7, 11) is 0. The van der Waals surface area contributed by atoms with Crippen LogP contribution in [0.25, 0.3) is 0 Å². The molecule has 0 spiro atoms. The summed E-state index contributed by atoms with van der Waals surface area (Å²) in [6.45, 7) is 12.6. The second-order valence-electron chi connectivity index (χ2n) is 12.0. The summed E-state index contributed by atoms with van der Waals surface area (Å²) < 4.78 is 12.0. The highest BCUT2D eigenvalue weighted by Crippen LogP contribution is 2.18. The molecule has 212 valence electrons. The van der Waals surface area contributed by atoms with E-state index in [-0.39, 0.29) is 5.41 Å². The molecule has 0 fully saturated rings. The van der Waals surface area contributed by atoms with E-state index in [1.807, 2.05) is 0 Å². The third-order valence-electron chi connectivity index (χ3n) is 7.27. The molecule has 0 aromatic rings. The van der Waals surface area contributed by atoms with Gasteiger partial charge in [0.15, 0.2) is 0 Å². The van der Waals surface area contributed by atoms with E-state index in [1.54, 1.807) is 0 Å². The van der Waals surface area contributed by atoms with Crippen LogP contribution in [0, 0.1) is 5.41 Å². The van der Waals surface area contributed by atoms with Crippen LogP contribution in [0.2, 0.25) is 0 Å². The SMILES string of the molecule is CCCCCCCCCCCCCCOCC(C)(C)COCCCCCCCCCCCCCC. The lowest BCUT2D eigenvalue weighted by Gasteiger charge is -2.24. The highest BCUT2D eigenvalue weighted by Gasteiger charge is 2.18. The molecule has 0 saturated heterocycles. The van der Waals surface area contributed by atoms with Crippen LogP contribution in [0.5, 0.6) is 0 Å². The Morgan fingerprint density at radius 2 is 0.571 bits per heavy atom. The maximum atomic E-state index is 5.98. The maximum Gasteiger partial charge on any atom is 0.0539 e. The molecule has 2 nitrogen and oxygen atoms in total. The Morgan fingerprint density at radius 1 is 0.343 bits per heavy atom. The average Bonchev–Trinajstić information content (AvgIpc) is 2.84. The monoisotopic (exact) mass is 497 g/mol. The predicted molar refractivity (Wildman–Crippen MR) is 158 cm³/mol. The van der Waals surface area contributed by atoms with E-state index in [0.29, 0.717) is 0 Å². The zero-order valence-corrected chi connectivity index (χ0v) is 25.1. The molecule has 0 bridgehead atoms. The first kappa shape index (κ1) is 34.9. The summed E-state index contributed by atoms with van der Waals surface area (Å²) in [6.07, 6.45) is 33.5. The van der Waals surface area contributed by atoms with Crippen LogP contribution in [-0.2, 0) is 9.47 Å². The van der Waals surface area contributed by atoms with Crippen molar-refractivity contribution in [3.8, 4) is 0 Å². The molecule has 0 unspecified atom stereocenters. The van der Waals surface area contributed by atoms with E-state index in [0.717, 1.165) is 26.4 Å². The predicted octanol–water partition coefficient (Wildman–Crippen LogP) is 11.4. The van der Waals surface area contributed by atoms with Gasteiger partial charge in [-0.25, -0.2) is 0 Å². The Kier molecular flexibility index (Phi) is 28.4. The lowest BCUT2D eigenvalue weighted by molar-refractivity contribution is -0.00512. The zero-order chi connectivity index (χ0) is 25.7. The minimum atomic E-state index is 0.133. The third-order valence-corrected chi connectivity index (χ3v) is 7.27. The van der Waals surface area contributed by atoms with E-state index in [4.69, 9.17) is 9.47 Å². The molecule has 0 amide bonds. The molecule has 35 heavy (non-hydrogen) atoms. The quantitative estimate of drug-likeness (QED) is 0.0920. The molecule has 2 heteroatoms. The Bertz CT molecular complexity index is 345. The van der Waals surface area contributed by atoms with Crippen LogP contribution in [-0.4, -0.2) is 26.4 Å². The fourth-order valence-corrected chi connectivity index (χ4v) is 4.83. The van der Waals surface area contributed by atoms with Crippen molar-refractivity contribution in [2.75, 3.05) is 26.4 Å². The summed E-state index contributed by atoms with van der Waals surface area (Å²) in [5.41, 5.74) is 0.133. The van der Waals surface area contributed by atoms with Gasteiger partial charge in [0.05, 0.1) is 13.2 Å². The lowest BCUT2D eigenvalue weighted by Crippen LogP contribution is -2.26. The van der Waals surface area contributed by atoms with Crippen LogP contribution >= 0.6 is 0 Å². The summed E-state index contributed by atoms with van der Waals surface area (Å²) in [6, 6.07) is 0. The average molecular weight is 497 g/mol. The van der Waals surface area contributed by atoms with E-state index in [2.05, 4.69) is 27.7 Å². The molecule has 0 aliphatic heterocycles. The molecule has 0 saturated carbocycles. The van der Waals surface area contributed by atoms with Crippen molar-refractivity contribution >= 4 is 0 Å². The molecule has 0 atom stereocenters. The molecule has 0 aliphatic carbocycles. The van der Waals surface area contributed by atoms with Gasteiger partial charge in [0.2, 0.25) is 0 Å². The maximum absolute atomic E-state index is 5.98. The molecule has 0 rings (SSSR count). The first-order chi connectivity index (χ1) is 17.1. The number of rotatable bonds is 30. The summed E-state index contributed by atoms with van der Waals surface area (Å²) in [5, 5.41) is 0. The minimum absolute atomic E-state index is 0.133. The molecule has 0 aromatic carbocycles. The van der Waals surface area contributed by atoms with Gasteiger partial charge in [-0.15, -0.1) is 0 Å². The van der Waals surface area contributed by atoms with Crippen molar-refractivity contribution in [1.82, 2.24) is 0 Å². The number of ether oxygens (including phenoxy) is 2. The Hall–Kier alpha value is -0.0800. The summed E-state index contributed by atoms with van der Waals surface area (Å²) in [4.78, 5) is 0. The van der Waals surface area contributed by atoms with Gasteiger partial charge in [-0.2, -0.15) is 0 Å². The van der Waals surface area contributed by atoms with E-state index >= 15 is 0 Å². The van der Waals surface area contributed by atoms with Crippen molar-refractivity contribution < 1.29 is 9.47 Å². The molecular weight excluding hydrogens is 428 g/mol. The molecule has 0 heterocycles. The zero-order valence-electron chi connectivity index (χ0n) is 25.1. The first-order valence-electron chi connectivity index (χ1n) is 16.3. The number of hydrogen-bond donors (Lipinski definition) is 0. The number of hydrogen-bond acceptors (Lipinski definition) is 2. The van der Waals surface area contributed by atoms with Gasteiger partial charge in [0.1, 0.15) is 0 Å². The largest absolute Gasteiger partial charge is 0.381 e. The molecule has 0 N–H and O–H groups in total. The first-order valence-corrected chi connectivity index (χ1v) is 16.3. The van der Waals surface area contributed by atoms with Gasteiger partial charge >= 0.3 is 0 Å². The Balaban J connectivity index is 3.28. The highest BCUT2D eigenvalue weighted by atomic mass is 16.5. The Labute approximate surface area is 223 Å². The second kappa shape index (κ2) is 28.5. The van der Waals surface area contributed by atoms with Crippen molar-refractivity contribution in [2.45, 2.75) is 182 Å². The van der Waals surface area contributed by atoms with Crippen LogP contribution in [0.3, 0.4) is 0 Å². The normalized spacial score (nSPS) is 12.0. The smallest absolute Gasteiger partial charge is 0.0539 e. The third kappa shape index (κ3) is 30.0. The van der Waals surface area contributed by atoms with Crippen molar-refractivity contribution in [2.24, 2.45) is 5.41 Å². The Morgan fingerprint density at radius 3 is 0.829 bits per heavy atom. The van der Waals surface area contributed by atoms with Crippen LogP contribution in [0.4, 0.5) is 0 Å². The van der Waals surface area contributed by atoms with Crippen molar-refractivity contribution in [3.05, 3.63) is 0 Å². The van der Waals surface area contributed by atoms with Gasteiger partial charge in [0.25, 0.3) is 0 Å². The van der Waals surface area contributed by atoms with Crippen molar-refractivity contribution in [3.63, 3.8) is 0 Å². The topological polar surface area (TPSA) is 18.5 Å². The lowest BCUT2D eigenvalue weighted by atomic mass is 9.96. The van der Waals surface area contributed by atoms with Gasteiger partial charge in [-0.3, -0.25) is 0 Å². The van der Waals surface area contributed by atoms with E-state index in [1.165, 1.54) is 154 Å². The van der Waals surface area contributed by atoms with Gasteiger partial charge < -0.3 is 9.47 Å². The summed E-state index contributed by atoms with van der Waals surface area (Å²) in [5.74, 6) is 0. The number of unbranched alkanes of at least 4 members (excludes halogenated alkanes) is 22. The standard InChI is InChI=1S/C33H68O2/c1-5-7-9-11-13-15-17-19-21-23-25-27-29-34-31-33(3,4)32-35-30-28-26-24-22-20-18-16-14-12-10-8-6-2/h5-32H2,1-4H3. The molecular formula is C33H68O2. The van der Waals surface area contributed by atoms with Gasteiger partial charge in [-0.05, 0) is 12.8 Å². The van der Waals surface area contributed by atoms with Crippen LogP contribution < -0.4 is 0 Å². The molecule has 0 aliphatic rings. The van der Waals surface area contributed by atoms with E-state index in [9.17, 15) is 0 Å². The fraction of sp³-hybridized carbons (Fsp3) is 1.00.